The summed E-state index contributed by atoms with van der Waals surface area (Å²) in [5.74, 6) is 0.596. The number of allylic oxidation sites excluding steroid dienone is 1. The van der Waals surface area contributed by atoms with Gasteiger partial charge in [-0.25, -0.2) is 0 Å². The fraction of sp³-hybridized carbons (Fsp3) is 0.500. The van der Waals surface area contributed by atoms with Gasteiger partial charge in [0.2, 0.25) is 0 Å². The smallest absolute Gasteiger partial charge is 0.150 e. The van der Waals surface area contributed by atoms with E-state index in [-0.39, 0.29) is 5.54 Å². The van der Waals surface area contributed by atoms with E-state index in [0.717, 1.165) is 18.4 Å². The van der Waals surface area contributed by atoms with Gasteiger partial charge in [-0.3, -0.25) is 4.79 Å². The molecule has 0 amide bonds. The number of nitrogens with zero attached hydrogens (tertiary/aromatic N) is 1. The van der Waals surface area contributed by atoms with Crippen LogP contribution < -0.4 is 4.90 Å². The normalized spacial score (nSPS) is 16.9. The average Bonchev–Trinajstić information content (AvgIpc) is 2.33. The van der Waals surface area contributed by atoms with E-state index < -0.39 is 0 Å². The first-order chi connectivity index (χ1) is 9.26. The Morgan fingerprint density at radius 1 is 1.25 bits per heavy atom. The molecule has 1 aliphatic heterocycles. The quantitative estimate of drug-likeness (QED) is 0.756. The zero-order chi connectivity index (χ0) is 15.1. The Bertz CT molecular complexity index is 567. The zero-order valence-electron chi connectivity index (χ0n) is 13.4. The first-order valence-corrected chi connectivity index (χ1v) is 7.33. The summed E-state index contributed by atoms with van der Waals surface area (Å²) in [7, 11) is 0. The molecule has 0 aliphatic carbocycles. The molecule has 0 bridgehead atoms. The number of aldehydes is 1. The first-order valence-electron chi connectivity index (χ1n) is 7.33. The van der Waals surface area contributed by atoms with Crippen LogP contribution in [0.25, 0.3) is 5.57 Å². The summed E-state index contributed by atoms with van der Waals surface area (Å²) in [6, 6.07) is 4.01. The molecule has 1 aromatic rings. The molecule has 0 atom stereocenters. The molecule has 0 radical (unpaired) electrons. The van der Waals surface area contributed by atoms with Crippen molar-refractivity contribution in [2.24, 2.45) is 5.92 Å². The number of hydrogen-bond acceptors (Lipinski definition) is 2. The van der Waals surface area contributed by atoms with Crippen LogP contribution in [0.2, 0.25) is 0 Å². The number of carbonyl (C=O) groups excluding carboxylic acids is 1. The van der Waals surface area contributed by atoms with Crippen molar-refractivity contribution in [3.05, 3.63) is 34.9 Å². The Kier molecular flexibility index (Phi) is 3.77. The standard InChI is InChI=1S/C18H25NO/c1-12(2)10-19-17-13(3)7-15(11-20)8-16(17)14(4)9-18(19,5)6/h7-9,11-12H,10H2,1-6H3. The van der Waals surface area contributed by atoms with Crippen LogP contribution in [-0.4, -0.2) is 18.4 Å². The minimum absolute atomic E-state index is 0.00874. The molecule has 2 heteroatoms. The van der Waals surface area contributed by atoms with Gasteiger partial charge in [0.05, 0.1) is 5.54 Å². The number of carbonyl (C=O) groups is 1. The third-order valence-corrected chi connectivity index (χ3v) is 3.97. The Morgan fingerprint density at radius 3 is 2.45 bits per heavy atom. The van der Waals surface area contributed by atoms with Crippen molar-refractivity contribution in [3.8, 4) is 0 Å². The molecular formula is C18H25NO. The Labute approximate surface area is 122 Å². The molecule has 1 aromatic carbocycles. The largest absolute Gasteiger partial charge is 0.362 e. The van der Waals surface area contributed by atoms with Gasteiger partial charge in [0.15, 0.2) is 0 Å². The van der Waals surface area contributed by atoms with Crippen LogP contribution in [0, 0.1) is 12.8 Å². The minimum atomic E-state index is 0.00874. The lowest BCUT2D eigenvalue weighted by Crippen LogP contribution is -2.47. The van der Waals surface area contributed by atoms with Gasteiger partial charge in [-0.1, -0.05) is 19.9 Å². The van der Waals surface area contributed by atoms with Crippen molar-refractivity contribution >= 4 is 17.5 Å². The van der Waals surface area contributed by atoms with Gasteiger partial charge in [0.25, 0.3) is 0 Å². The van der Waals surface area contributed by atoms with Gasteiger partial charge >= 0.3 is 0 Å². The Hall–Kier alpha value is -1.57. The minimum Gasteiger partial charge on any atom is -0.362 e. The lowest BCUT2D eigenvalue weighted by molar-refractivity contribution is 0.112. The molecule has 0 N–H and O–H groups in total. The van der Waals surface area contributed by atoms with Crippen molar-refractivity contribution in [1.29, 1.82) is 0 Å². The second kappa shape index (κ2) is 5.08. The highest BCUT2D eigenvalue weighted by atomic mass is 16.1. The second-order valence-corrected chi connectivity index (χ2v) is 6.84. The maximum absolute atomic E-state index is 11.1. The summed E-state index contributed by atoms with van der Waals surface area (Å²) in [6.45, 7) is 14.3. The van der Waals surface area contributed by atoms with Crippen LogP contribution >= 0.6 is 0 Å². The van der Waals surface area contributed by atoms with Crippen molar-refractivity contribution < 1.29 is 4.79 Å². The SMILES string of the molecule is CC1=CC(C)(C)N(CC(C)C)c2c(C)cc(C=O)cc21. The molecule has 0 spiro atoms. The third kappa shape index (κ3) is 2.52. The van der Waals surface area contributed by atoms with E-state index in [1.807, 2.05) is 12.1 Å². The molecule has 0 saturated carbocycles. The van der Waals surface area contributed by atoms with Crippen LogP contribution in [0.15, 0.2) is 18.2 Å². The lowest BCUT2D eigenvalue weighted by Gasteiger charge is -2.45. The van der Waals surface area contributed by atoms with E-state index in [1.54, 1.807) is 0 Å². The number of aryl methyl sites for hydroxylation is 1. The van der Waals surface area contributed by atoms with Gasteiger partial charge < -0.3 is 4.90 Å². The number of rotatable bonds is 3. The predicted octanol–water partition coefficient (Wildman–Crippen LogP) is 4.47. The molecule has 0 unspecified atom stereocenters. The summed E-state index contributed by atoms with van der Waals surface area (Å²) < 4.78 is 0. The fourth-order valence-corrected chi connectivity index (χ4v) is 3.20. The van der Waals surface area contributed by atoms with Crippen LogP contribution in [-0.2, 0) is 0 Å². The van der Waals surface area contributed by atoms with Gasteiger partial charge in [0, 0.05) is 23.4 Å². The van der Waals surface area contributed by atoms with Crippen LogP contribution in [0.1, 0.15) is 56.1 Å². The molecule has 0 fully saturated rings. The van der Waals surface area contributed by atoms with Crippen LogP contribution in [0.3, 0.4) is 0 Å². The first kappa shape index (κ1) is 14.8. The molecule has 0 aromatic heterocycles. The van der Waals surface area contributed by atoms with E-state index >= 15 is 0 Å². The maximum atomic E-state index is 11.1. The Morgan fingerprint density at radius 2 is 1.90 bits per heavy atom. The molecule has 1 aliphatic rings. The zero-order valence-corrected chi connectivity index (χ0v) is 13.4. The summed E-state index contributed by atoms with van der Waals surface area (Å²) in [4.78, 5) is 13.6. The number of anilines is 1. The van der Waals surface area contributed by atoms with Crippen LogP contribution in [0.5, 0.6) is 0 Å². The highest BCUT2D eigenvalue weighted by Crippen LogP contribution is 2.41. The van der Waals surface area contributed by atoms with E-state index in [1.165, 1.54) is 22.4 Å². The number of fused-ring (bicyclic) bond motifs is 1. The summed E-state index contributed by atoms with van der Waals surface area (Å²) >= 11 is 0. The van der Waals surface area contributed by atoms with Crippen LogP contribution in [0.4, 0.5) is 5.69 Å². The van der Waals surface area contributed by atoms with Gasteiger partial charge in [-0.05, 0) is 56.9 Å². The van der Waals surface area contributed by atoms with Crippen molar-refractivity contribution in [2.45, 2.75) is 47.1 Å². The van der Waals surface area contributed by atoms with Gasteiger partial charge in [-0.2, -0.15) is 0 Å². The lowest BCUT2D eigenvalue weighted by atomic mass is 9.85. The Balaban J connectivity index is 2.66. The molecule has 0 saturated heterocycles. The monoisotopic (exact) mass is 271 g/mol. The third-order valence-electron chi connectivity index (χ3n) is 3.97. The van der Waals surface area contributed by atoms with Crippen molar-refractivity contribution in [3.63, 3.8) is 0 Å². The van der Waals surface area contributed by atoms with E-state index in [0.29, 0.717) is 5.92 Å². The molecule has 108 valence electrons. The average molecular weight is 271 g/mol. The summed E-state index contributed by atoms with van der Waals surface area (Å²) in [5.41, 5.74) is 5.71. The van der Waals surface area contributed by atoms with Gasteiger partial charge in [0.1, 0.15) is 6.29 Å². The molecular weight excluding hydrogens is 246 g/mol. The molecule has 2 nitrogen and oxygen atoms in total. The van der Waals surface area contributed by atoms with E-state index in [2.05, 4.69) is 52.5 Å². The number of hydrogen-bond donors (Lipinski definition) is 0. The molecule has 20 heavy (non-hydrogen) atoms. The highest BCUT2D eigenvalue weighted by molar-refractivity contribution is 5.88. The van der Waals surface area contributed by atoms with Gasteiger partial charge in [-0.15, -0.1) is 0 Å². The predicted molar refractivity (Wildman–Crippen MR) is 86.5 cm³/mol. The summed E-state index contributed by atoms with van der Waals surface area (Å²) in [6.07, 6.45) is 3.25. The van der Waals surface area contributed by atoms with Crippen molar-refractivity contribution in [2.75, 3.05) is 11.4 Å². The van der Waals surface area contributed by atoms with E-state index in [9.17, 15) is 4.79 Å². The van der Waals surface area contributed by atoms with E-state index in [4.69, 9.17) is 0 Å². The maximum Gasteiger partial charge on any atom is 0.150 e. The topological polar surface area (TPSA) is 20.3 Å². The number of benzene rings is 1. The fourth-order valence-electron chi connectivity index (χ4n) is 3.20. The highest BCUT2D eigenvalue weighted by Gasteiger charge is 2.32. The molecule has 1 heterocycles. The summed E-state index contributed by atoms with van der Waals surface area (Å²) in [5, 5.41) is 0. The van der Waals surface area contributed by atoms with Crippen molar-refractivity contribution in [1.82, 2.24) is 0 Å². The molecule has 2 rings (SSSR count). The second-order valence-electron chi connectivity index (χ2n) is 6.84.